The van der Waals surface area contributed by atoms with Crippen molar-refractivity contribution in [2.75, 3.05) is 44.6 Å². The third-order valence-corrected chi connectivity index (χ3v) is 7.63. The molecule has 0 unspecified atom stereocenters. The molecule has 2 heterocycles. The zero-order valence-corrected chi connectivity index (χ0v) is 20.8. The quantitative estimate of drug-likeness (QED) is 0.581. The number of anilines is 1. The average molecular weight is 486 g/mol. The van der Waals surface area contributed by atoms with E-state index in [4.69, 9.17) is 4.74 Å². The maximum Gasteiger partial charge on any atom is 0.226 e. The number of ether oxygens (including phenoxy) is 1. The first kappa shape index (κ1) is 24.6. The molecule has 2 aromatic rings. The van der Waals surface area contributed by atoms with Gasteiger partial charge in [0.15, 0.2) is 0 Å². The fourth-order valence-corrected chi connectivity index (χ4v) is 5.44. The highest BCUT2D eigenvalue weighted by Gasteiger charge is 2.23. The Morgan fingerprint density at radius 3 is 2.50 bits per heavy atom. The molecule has 1 aromatic heterocycles. The number of aryl methyl sites for hydroxylation is 1. The standard InChI is InChI=1S/C25H35N5O3S/c1-19-7-9-21(10-8-19)33-18-17-29-13-15-30(16-14-29)23(32)12-11-22(31)26-25-28-27-24(34-25)20-5-3-2-4-6-20/h7-10,20H,2-6,11-18H2,1H3,(H,26,28,31). The Balaban J connectivity index is 1.11. The molecule has 1 aliphatic heterocycles. The first-order valence-electron chi connectivity index (χ1n) is 12.4. The minimum Gasteiger partial charge on any atom is -0.492 e. The van der Waals surface area contributed by atoms with E-state index in [2.05, 4.69) is 27.3 Å². The predicted molar refractivity (Wildman–Crippen MR) is 133 cm³/mol. The Kier molecular flexibility index (Phi) is 8.87. The van der Waals surface area contributed by atoms with E-state index in [0.29, 0.717) is 30.7 Å². The molecular weight excluding hydrogens is 450 g/mol. The highest BCUT2D eigenvalue weighted by atomic mass is 32.1. The van der Waals surface area contributed by atoms with Crippen molar-refractivity contribution in [2.45, 2.75) is 57.8 Å². The summed E-state index contributed by atoms with van der Waals surface area (Å²) in [5, 5.41) is 12.8. The Morgan fingerprint density at radius 2 is 1.76 bits per heavy atom. The van der Waals surface area contributed by atoms with Gasteiger partial charge in [0.2, 0.25) is 16.9 Å². The monoisotopic (exact) mass is 485 g/mol. The molecule has 9 heteroatoms. The van der Waals surface area contributed by atoms with Crippen LogP contribution in [-0.4, -0.2) is 71.1 Å². The summed E-state index contributed by atoms with van der Waals surface area (Å²) in [6, 6.07) is 8.07. The van der Waals surface area contributed by atoms with Crippen LogP contribution in [0.5, 0.6) is 5.75 Å². The number of nitrogens with zero attached hydrogens (tertiary/aromatic N) is 4. The third kappa shape index (κ3) is 7.24. The Bertz CT molecular complexity index is 934. The molecule has 0 radical (unpaired) electrons. The van der Waals surface area contributed by atoms with E-state index < -0.39 is 0 Å². The van der Waals surface area contributed by atoms with Gasteiger partial charge in [-0.2, -0.15) is 0 Å². The zero-order chi connectivity index (χ0) is 23.8. The molecule has 0 spiro atoms. The van der Waals surface area contributed by atoms with Gasteiger partial charge in [0, 0.05) is 51.5 Å². The Labute approximate surface area is 205 Å². The summed E-state index contributed by atoms with van der Waals surface area (Å²) >= 11 is 1.47. The highest BCUT2D eigenvalue weighted by molar-refractivity contribution is 7.15. The molecular formula is C25H35N5O3S. The first-order valence-corrected chi connectivity index (χ1v) is 13.2. The Morgan fingerprint density at radius 1 is 1.03 bits per heavy atom. The third-order valence-electron chi connectivity index (χ3n) is 6.63. The fourth-order valence-electron chi connectivity index (χ4n) is 4.51. The van der Waals surface area contributed by atoms with E-state index in [0.717, 1.165) is 43.2 Å². The lowest BCUT2D eigenvalue weighted by Crippen LogP contribution is -2.49. The van der Waals surface area contributed by atoms with E-state index in [1.807, 2.05) is 29.2 Å². The summed E-state index contributed by atoms with van der Waals surface area (Å²) < 4.78 is 5.81. The van der Waals surface area contributed by atoms with Crippen molar-refractivity contribution in [1.82, 2.24) is 20.0 Å². The maximum atomic E-state index is 12.6. The lowest BCUT2D eigenvalue weighted by atomic mass is 9.90. The molecule has 1 saturated carbocycles. The van der Waals surface area contributed by atoms with Crippen LogP contribution in [0.3, 0.4) is 0 Å². The van der Waals surface area contributed by atoms with E-state index in [1.54, 1.807) is 0 Å². The molecule has 1 aromatic carbocycles. The van der Waals surface area contributed by atoms with Crippen LogP contribution in [0.25, 0.3) is 0 Å². The second-order valence-corrected chi connectivity index (χ2v) is 10.2. The zero-order valence-electron chi connectivity index (χ0n) is 20.0. The lowest BCUT2D eigenvalue weighted by Gasteiger charge is -2.34. The van der Waals surface area contributed by atoms with Crippen LogP contribution in [0.1, 0.15) is 61.4 Å². The number of rotatable bonds is 9. The summed E-state index contributed by atoms with van der Waals surface area (Å²) in [4.78, 5) is 29.1. The SMILES string of the molecule is Cc1ccc(OCCN2CCN(C(=O)CCC(=O)Nc3nnc(C4CCCCC4)s3)CC2)cc1. The van der Waals surface area contributed by atoms with Crippen molar-refractivity contribution in [3.8, 4) is 5.75 Å². The lowest BCUT2D eigenvalue weighted by molar-refractivity contribution is -0.134. The first-order chi connectivity index (χ1) is 16.6. The molecule has 34 heavy (non-hydrogen) atoms. The molecule has 4 rings (SSSR count). The summed E-state index contributed by atoms with van der Waals surface area (Å²) in [5.74, 6) is 1.22. The van der Waals surface area contributed by atoms with Gasteiger partial charge in [-0.25, -0.2) is 0 Å². The number of hydrogen-bond donors (Lipinski definition) is 1. The average Bonchev–Trinajstić information content (AvgIpc) is 3.33. The number of amides is 2. The van der Waals surface area contributed by atoms with Crippen LogP contribution in [0.15, 0.2) is 24.3 Å². The number of carbonyl (C=O) groups is 2. The smallest absolute Gasteiger partial charge is 0.226 e. The van der Waals surface area contributed by atoms with Crippen LogP contribution < -0.4 is 10.1 Å². The van der Waals surface area contributed by atoms with Crippen molar-refractivity contribution in [1.29, 1.82) is 0 Å². The Hall–Kier alpha value is -2.52. The topological polar surface area (TPSA) is 87.7 Å². The molecule has 1 N–H and O–H groups in total. The van der Waals surface area contributed by atoms with Gasteiger partial charge in [-0.1, -0.05) is 48.3 Å². The van der Waals surface area contributed by atoms with Gasteiger partial charge in [0.05, 0.1) is 0 Å². The molecule has 2 amide bonds. The molecule has 2 fully saturated rings. The number of carbonyl (C=O) groups excluding carboxylic acids is 2. The second-order valence-electron chi connectivity index (χ2n) is 9.21. The summed E-state index contributed by atoms with van der Waals surface area (Å²) in [5.41, 5.74) is 1.22. The van der Waals surface area contributed by atoms with Gasteiger partial charge in [-0.15, -0.1) is 10.2 Å². The van der Waals surface area contributed by atoms with Gasteiger partial charge in [-0.05, 0) is 31.9 Å². The number of aromatic nitrogens is 2. The van der Waals surface area contributed by atoms with Gasteiger partial charge >= 0.3 is 0 Å². The maximum absolute atomic E-state index is 12.6. The number of piperazine rings is 1. The van der Waals surface area contributed by atoms with Gasteiger partial charge in [0.1, 0.15) is 17.4 Å². The summed E-state index contributed by atoms with van der Waals surface area (Å²) in [6.07, 6.45) is 6.48. The van der Waals surface area contributed by atoms with Crippen LogP contribution in [-0.2, 0) is 9.59 Å². The number of nitrogens with one attached hydrogen (secondary N) is 1. The normalized spacial score (nSPS) is 17.5. The highest BCUT2D eigenvalue weighted by Crippen LogP contribution is 2.35. The number of hydrogen-bond acceptors (Lipinski definition) is 7. The van der Waals surface area contributed by atoms with E-state index in [9.17, 15) is 9.59 Å². The van der Waals surface area contributed by atoms with Crippen LogP contribution in [0.2, 0.25) is 0 Å². The molecule has 0 bridgehead atoms. The summed E-state index contributed by atoms with van der Waals surface area (Å²) in [6.45, 7) is 6.54. The van der Waals surface area contributed by atoms with Crippen LogP contribution in [0.4, 0.5) is 5.13 Å². The number of benzene rings is 1. The van der Waals surface area contributed by atoms with Crippen LogP contribution >= 0.6 is 11.3 Å². The fraction of sp³-hybridized carbons (Fsp3) is 0.600. The molecule has 1 saturated heterocycles. The molecule has 1 aliphatic carbocycles. The van der Waals surface area contributed by atoms with Crippen molar-refractivity contribution >= 4 is 28.3 Å². The van der Waals surface area contributed by atoms with Crippen molar-refractivity contribution in [2.24, 2.45) is 0 Å². The molecule has 2 aliphatic rings. The van der Waals surface area contributed by atoms with Crippen molar-refractivity contribution in [3.63, 3.8) is 0 Å². The van der Waals surface area contributed by atoms with Gasteiger partial charge in [-0.3, -0.25) is 14.5 Å². The minimum absolute atomic E-state index is 0.0332. The molecule has 184 valence electrons. The van der Waals surface area contributed by atoms with E-state index in [-0.39, 0.29) is 24.7 Å². The predicted octanol–water partition coefficient (Wildman–Crippen LogP) is 3.84. The van der Waals surface area contributed by atoms with Crippen LogP contribution in [0, 0.1) is 6.92 Å². The van der Waals surface area contributed by atoms with Gasteiger partial charge in [0.25, 0.3) is 0 Å². The minimum atomic E-state index is -0.174. The molecule has 0 atom stereocenters. The van der Waals surface area contributed by atoms with Gasteiger partial charge < -0.3 is 15.0 Å². The largest absolute Gasteiger partial charge is 0.492 e. The van der Waals surface area contributed by atoms with Crippen molar-refractivity contribution in [3.05, 3.63) is 34.8 Å². The summed E-state index contributed by atoms with van der Waals surface area (Å²) in [7, 11) is 0. The van der Waals surface area contributed by atoms with Crippen molar-refractivity contribution < 1.29 is 14.3 Å². The van der Waals surface area contributed by atoms with E-state index >= 15 is 0 Å². The molecule has 8 nitrogen and oxygen atoms in total. The second kappa shape index (κ2) is 12.3. The van der Waals surface area contributed by atoms with E-state index in [1.165, 1.54) is 36.2 Å².